The van der Waals surface area contributed by atoms with Gasteiger partial charge < -0.3 is 10.1 Å². The predicted octanol–water partition coefficient (Wildman–Crippen LogP) is 3.19. The van der Waals surface area contributed by atoms with E-state index in [2.05, 4.69) is 28.4 Å². The molecular weight excluding hydrogens is 279 g/mol. The van der Waals surface area contributed by atoms with Crippen molar-refractivity contribution in [2.75, 3.05) is 25.0 Å². The molecule has 2 heterocycles. The Hall–Kier alpha value is -2.07. The molecule has 0 aliphatic carbocycles. The number of nitrogens with zero attached hydrogens (tertiary/aromatic N) is 1. The minimum absolute atomic E-state index is 0.180. The van der Waals surface area contributed by atoms with Crippen molar-refractivity contribution in [2.24, 2.45) is 0 Å². The van der Waals surface area contributed by atoms with Gasteiger partial charge in [-0.1, -0.05) is 24.3 Å². The van der Waals surface area contributed by atoms with Gasteiger partial charge in [0, 0.05) is 37.4 Å². The number of hydrogen-bond acceptors (Lipinski definition) is 3. The van der Waals surface area contributed by atoms with Crippen LogP contribution in [-0.4, -0.2) is 24.6 Å². The van der Waals surface area contributed by atoms with E-state index in [0.717, 1.165) is 26.1 Å². The van der Waals surface area contributed by atoms with Crippen LogP contribution in [0.2, 0.25) is 0 Å². The fraction of sp³-hybridized carbons (Fsp3) is 0.333. The Morgan fingerprint density at radius 1 is 1.18 bits per heavy atom. The third-order valence-electron chi connectivity index (χ3n) is 4.45. The average molecular weight is 298 g/mol. The fourth-order valence-electron chi connectivity index (χ4n) is 3.33. The summed E-state index contributed by atoms with van der Waals surface area (Å²) in [6, 6.07) is 11.5. The zero-order chi connectivity index (χ0) is 14.9. The van der Waals surface area contributed by atoms with Gasteiger partial charge in [-0.25, -0.2) is 4.39 Å². The first-order valence-electron chi connectivity index (χ1n) is 7.78. The molecule has 0 saturated heterocycles. The highest BCUT2D eigenvalue weighted by Gasteiger charge is 2.21. The molecule has 0 saturated carbocycles. The highest BCUT2D eigenvalue weighted by molar-refractivity contribution is 5.61. The fourth-order valence-corrected chi connectivity index (χ4v) is 3.33. The number of hydrogen-bond donors (Lipinski definition) is 1. The first kappa shape index (κ1) is 13.6. The van der Waals surface area contributed by atoms with Crippen molar-refractivity contribution in [3.63, 3.8) is 0 Å². The Labute approximate surface area is 129 Å². The highest BCUT2D eigenvalue weighted by atomic mass is 19.1. The Kier molecular flexibility index (Phi) is 3.47. The lowest BCUT2D eigenvalue weighted by atomic mass is 10.1. The van der Waals surface area contributed by atoms with Crippen LogP contribution in [0, 0.1) is 5.82 Å². The molecule has 0 atom stereocenters. The molecule has 2 aliphatic rings. The number of para-hydroxylation sites is 1. The molecule has 0 unspecified atom stereocenters. The van der Waals surface area contributed by atoms with Crippen LogP contribution >= 0.6 is 0 Å². The van der Waals surface area contributed by atoms with Crippen LogP contribution in [0.5, 0.6) is 5.75 Å². The Morgan fingerprint density at radius 3 is 3.05 bits per heavy atom. The summed E-state index contributed by atoms with van der Waals surface area (Å²) in [5, 5.41) is 3.47. The highest BCUT2D eigenvalue weighted by Crippen LogP contribution is 2.30. The second-order valence-corrected chi connectivity index (χ2v) is 5.90. The molecule has 0 spiro atoms. The lowest BCUT2D eigenvalue weighted by Crippen LogP contribution is -2.25. The van der Waals surface area contributed by atoms with Crippen molar-refractivity contribution in [2.45, 2.75) is 19.5 Å². The van der Waals surface area contributed by atoms with Crippen molar-refractivity contribution in [1.29, 1.82) is 0 Å². The number of nitrogens with one attached hydrogen (secondary N) is 1. The number of fused-ring (bicyclic) bond motifs is 2. The average Bonchev–Trinajstić information content (AvgIpc) is 2.90. The summed E-state index contributed by atoms with van der Waals surface area (Å²) >= 11 is 0. The summed E-state index contributed by atoms with van der Waals surface area (Å²) in [4.78, 5) is 2.25. The third kappa shape index (κ3) is 2.44. The molecule has 114 valence electrons. The quantitative estimate of drug-likeness (QED) is 0.921. The second kappa shape index (κ2) is 5.61. The van der Waals surface area contributed by atoms with E-state index in [-0.39, 0.29) is 5.82 Å². The predicted molar refractivity (Wildman–Crippen MR) is 84.6 cm³/mol. The molecule has 2 aromatic rings. The summed E-state index contributed by atoms with van der Waals surface area (Å²) in [5.41, 5.74) is 4.60. The van der Waals surface area contributed by atoms with Gasteiger partial charge in [-0.05, 0) is 29.7 Å². The van der Waals surface area contributed by atoms with E-state index in [9.17, 15) is 4.39 Å². The molecule has 0 aromatic heterocycles. The molecule has 22 heavy (non-hydrogen) atoms. The SMILES string of the molecule is Fc1cccc2c1CN(Cc1cccc3c1NCC3)CCO2. The minimum atomic E-state index is -0.180. The molecule has 2 aliphatic heterocycles. The van der Waals surface area contributed by atoms with Crippen LogP contribution in [0.4, 0.5) is 10.1 Å². The van der Waals surface area contributed by atoms with Gasteiger partial charge in [-0.15, -0.1) is 0 Å². The monoisotopic (exact) mass is 298 g/mol. The first-order valence-corrected chi connectivity index (χ1v) is 7.78. The minimum Gasteiger partial charge on any atom is -0.492 e. The largest absolute Gasteiger partial charge is 0.492 e. The zero-order valence-corrected chi connectivity index (χ0v) is 12.4. The molecular formula is C18H19FN2O. The molecule has 0 radical (unpaired) electrons. The van der Waals surface area contributed by atoms with E-state index in [4.69, 9.17) is 4.74 Å². The van der Waals surface area contributed by atoms with E-state index >= 15 is 0 Å². The first-order chi connectivity index (χ1) is 10.8. The Bertz CT molecular complexity index is 701. The number of benzene rings is 2. The molecule has 1 N–H and O–H groups in total. The number of halogens is 1. The summed E-state index contributed by atoms with van der Waals surface area (Å²) in [6.07, 6.45) is 1.09. The number of rotatable bonds is 2. The molecule has 4 heteroatoms. The maximum atomic E-state index is 14.1. The lowest BCUT2D eigenvalue weighted by Gasteiger charge is -2.21. The van der Waals surface area contributed by atoms with Crippen LogP contribution in [0.3, 0.4) is 0 Å². The summed E-state index contributed by atoms with van der Waals surface area (Å²) in [5.74, 6) is 0.500. The zero-order valence-electron chi connectivity index (χ0n) is 12.4. The number of ether oxygens (including phenoxy) is 1. The van der Waals surface area contributed by atoms with Crippen molar-refractivity contribution >= 4 is 5.69 Å². The van der Waals surface area contributed by atoms with Gasteiger partial charge in [-0.3, -0.25) is 4.90 Å². The second-order valence-electron chi connectivity index (χ2n) is 5.90. The lowest BCUT2D eigenvalue weighted by molar-refractivity contribution is 0.219. The van der Waals surface area contributed by atoms with Gasteiger partial charge in [0.1, 0.15) is 18.2 Å². The molecule has 2 aromatic carbocycles. The van der Waals surface area contributed by atoms with Crippen LogP contribution in [0.1, 0.15) is 16.7 Å². The van der Waals surface area contributed by atoms with E-state index in [1.54, 1.807) is 6.07 Å². The van der Waals surface area contributed by atoms with Gasteiger partial charge >= 0.3 is 0 Å². The van der Waals surface area contributed by atoms with E-state index in [1.165, 1.54) is 22.9 Å². The van der Waals surface area contributed by atoms with Crippen molar-refractivity contribution < 1.29 is 9.13 Å². The smallest absolute Gasteiger partial charge is 0.131 e. The summed E-state index contributed by atoms with van der Waals surface area (Å²) in [6.45, 7) is 3.81. The normalized spacial score (nSPS) is 17.1. The standard InChI is InChI=1S/C18H19FN2O/c19-16-5-2-6-17-15(16)12-21(9-10-22-17)11-14-4-1-3-13-7-8-20-18(13)14/h1-6,20H,7-12H2. The van der Waals surface area contributed by atoms with Crippen LogP contribution in [0.25, 0.3) is 0 Å². The molecule has 3 nitrogen and oxygen atoms in total. The van der Waals surface area contributed by atoms with Crippen LogP contribution in [0.15, 0.2) is 36.4 Å². The van der Waals surface area contributed by atoms with Crippen molar-refractivity contribution in [3.8, 4) is 5.75 Å². The third-order valence-corrected chi connectivity index (χ3v) is 4.45. The van der Waals surface area contributed by atoms with E-state index in [0.29, 0.717) is 24.5 Å². The Balaban J connectivity index is 1.59. The maximum Gasteiger partial charge on any atom is 0.131 e. The van der Waals surface area contributed by atoms with Crippen molar-refractivity contribution in [1.82, 2.24) is 4.90 Å². The molecule has 0 amide bonds. The van der Waals surface area contributed by atoms with Crippen LogP contribution in [-0.2, 0) is 19.5 Å². The van der Waals surface area contributed by atoms with Crippen LogP contribution < -0.4 is 10.1 Å². The van der Waals surface area contributed by atoms with Crippen molar-refractivity contribution in [3.05, 3.63) is 58.9 Å². The summed E-state index contributed by atoms with van der Waals surface area (Å²) in [7, 11) is 0. The van der Waals surface area contributed by atoms with Gasteiger partial charge in [-0.2, -0.15) is 0 Å². The van der Waals surface area contributed by atoms with E-state index in [1.807, 2.05) is 6.07 Å². The Morgan fingerprint density at radius 2 is 2.09 bits per heavy atom. The summed E-state index contributed by atoms with van der Waals surface area (Å²) < 4.78 is 19.8. The molecule has 0 bridgehead atoms. The van der Waals surface area contributed by atoms with Gasteiger partial charge in [0.2, 0.25) is 0 Å². The number of anilines is 1. The van der Waals surface area contributed by atoms with Gasteiger partial charge in [0.15, 0.2) is 0 Å². The van der Waals surface area contributed by atoms with E-state index < -0.39 is 0 Å². The molecule has 0 fully saturated rings. The maximum absolute atomic E-state index is 14.1. The topological polar surface area (TPSA) is 24.5 Å². The van der Waals surface area contributed by atoms with Gasteiger partial charge in [0.05, 0.1) is 0 Å². The van der Waals surface area contributed by atoms with Gasteiger partial charge in [0.25, 0.3) is 0 Å². The molecule has 4 rings (SSSR count).